The van der Waals surface area contributed by atoms with Crippen LogP contribution in [0.3, 0.4) is 0 Å². The number of nitrogens with zero attached hydrogens (tertiary/aromatic N) is 2. The summed E-state index contributed by atoms with van der Waals surface area (Å²) in [5.74, 6) is 0.185. The van der Waals surface area contributed by atoms with Crippen LogP contribution in [0, 0.1) is 0 Å². The van der Waals surface area contributed by atoms with Crippen molar-refractivity contribution in [2.45, 2.75) is 18.9 Å². The van der Waals surface area contributed by atoms with Crippen LogP contribution in [-0.4, -0.2) is 55.4 Å². The maximum atomic E-state index is 12.2. The number of hydrogen-bond donors (Lipinski definition) is 0. The third kappa shape index (κ3) is 4.13. The van der Waals surface area contributed by atoms with Gasteiger partial charge in [-0.3, -0.25) is 9.69 Å². The average molecular weight is 325 g/mol. The van der Waals surface area contributed by atoms with Gasteiger partial charge in [0.15, 0.2) is 5.78 Å². The van der Waals surface area contributed by atoms with Gasteiger partial charge >= 0.3 is 0 Å². The zero-order valence-corrected chi connectivity index (χ0v) is 13.2. The molecule has 3 nitrogen and oxygen atoms in total. The number of benzene rings is 1. The molecule has 0 saturated carbocycles. The Kier molecular flexibility index (Phi) is 5.13. The first-order valence-corrected chi connectivity index (χ1v) is 7.53. The van der Waals surface area contributed by atoms with Gasteiger partial charge in [0.1, 0.15) is 0 Å². The van der Waals surface area contributed by atoms with E-state index in [-0.39, 0.29) is 5.78 Å². The number of hydrogen-bond acceptors (Lipinski definition) is 3. The zero-order valence-electron chi connectivity index (χ0n) is 11.6. The molecule has 1 aromatic carbocycles. The van der Waals surface area contributed by atoms with Crippen LogP contribution in [-0.2, 0) is 0 Å². The number of rotatable bonds is 5. The van der Waals surface area contributed by atoms with Crippen molar-refractivity contribution < 1.29 is 4.79 Å². The normalized spacial score (nSPS) is 20.1. The lowest BCUT2D eigenvalue weighted by molar-refractivity contribution is 0.0932. The smallest absolute Gasteiger partial charge is 0.176 e. The molecule has 1 atom stereocenters. The van der Waals surface area contributed by atoms with Crippen LogP contribution < -0.4 is 0 Å². The molecule has 19 heavy (non-hydrogen) atoms. The van der Waals surface area contributed by atoms with Gasteiger partial charge in [-0.1, -0.05) is 28.1 Å². The standard InChI is InChI=1S/C15H21BrN2O/c1-17(10-14-7-4-8-18(14)2)11-15(19)12-5-3-6-13(16)9-12/h3,5-6,9,14H,4,7-8,10-11H2,1-2H3. The average Bonchev–Trinajstić information content (AvgIpc) is 2.75. The van der Waals surface area contributed by atoms with Gasteiger partial charge < -0.3 is 4.90 Å². The summed E-state index contributed by atoms with van der Waals surface area (Å²) in [5.41, 5.74) is 0.779. The topological polar surface area (TPSA) is 23.6 Å². The molecule has 1 aliphatic heterocycles. The van der Waals surface area contributed by atoms with Crippen LogP contribution in [0.15, 0.2) is 28.7 Å². The second-order valence-corrected chi connectivity index (χ2v) is 6.32. The monoisotopic (exact) mass is 324 g/mol. The summed E-state index contributed by atoms with van der Waals surface area (Å²) in [6.45, 7) is 2.63. The highest BCUT2D eigenvalue weighted by Gasteiger charge is 2.22. The molecule has 1 saturated heterocycles. The van der Waals surface area contributed by atoms with Gasteiger partial charge in [-0.2, -0.15) is 0 Å². The van der Waals surface area contributed by atoms with E-state index in [1.54, 1.807) is 0 Å². The number of carbonyl (C=O) groups is 1. The molecule has 0 radical (unpaired) electrons. The third-order valence-electron chi connectivity index (χ3n) is 3.75. The first kappa shape index (κ1) is 14.7. The number of likely N-dealkylation sites (N-methyl/N-ethyl adjacent to an activating group) is 2. The lowest BCUT2D eigenvalue weighted by atomic mass is 10.1. The minimum Gasteiger partial charge on any atom is -0.302 e. The van der Waals surface area contributed by atoms with E-state index >= 15 is 0 Å². The fourth-order valence-corrected chi connectivity index (χ4v) is 3.03. The molecule has 0 aliphatic carbocycles. The van der Waals surface area contributed by atoms with E-state index in [0.717, 1.165) is 16.6 Å². The SMILES string of the molecule is CN(CC(=O)c1cccc(Br)c1)CC1CCCN1C. The van der Waals surface area contributed by atoms with Gasteiger partial charge in [-0.15, -0.1) is 0 Å². The largest absolute Gasteiger partial charge is 0.302 e. The van der Waals surface area contributed by atoms with Crippen LogP contribution in [0.25, 0.3) is 0 Å². The van der Waals surface area contributed by atoms with Crippen molar-refractivity contribution in [1.29, 1.82) is 0 Å². The van der Waals surface area contributed by atoms with Gasteiger partial charge in [0.2, 0.25) is 0 Å². The molecule has 1 aromatic rings. The summed E-state index contributed by atoms with van der Waals surface area (Å²) < 4.78 is 0.955. The van der Waals surface area contributed by atoms with Gasteiger partial charge in [0, 0.05) is 22.6 Å². The maximum absolute atomic E-state index is 12.2. The fraction of sp³-hybridized carbons (Fsp3) is 0.533. The van der Waals surface area contributed by atoms with Gasteiger partial charge in [-0.05, 0) is 45.6 Å². The lowest BCUT2D eigenvalue weighted by Gasteiger charge is -2.25. The Labute approximate surface area is 123 Å². The Hall–Kier alpha value is -0.710. The van der Waals surface area contributed by atoms with Crippen LogP contribution >= 0.6 is 15.9 Å². The molecule has 0 amide bonds. The molecule has 1 aliphatic rings. The van der Waals surface area contributed by atoms with Crippen LogP contribution in [0.2, 0.25) is 0 Å². The Morgan fingerprint density at radius 2 is 2.32 bits per heavy atom. The van der Waals surface area contributed by atoms with Crippen LogP contribution in [0.5, 0.6) is 0 Å². The summed E-state index contributed by atoms with van der Waals surface area (Å²) in [4.78, 5) is 16.7. The number of carbonyl (C=O) groups excluding carboxylic acids is 1. The predicted octanol–water partition coefficient (Wildman–Crippen LogP) is 2.66. The first-order chi connectivity index (χ1) is 9.06. The summed E-state index contributed by atoms with van der Waals surface area (Å²) in [5, 5.41) is 0. The Balaban J connectivity index is 1.88. The molecule has 0 N–H and O–H groups in total. The van der Waals surface area contributed by atoms with Crippen molar-refractivity contribution in [3.8, 4) is 0 Å². The molecular formula is C15H21BrN2O. The summed E-state index contributed by atoms with van der Waals surface area (Å²) >= 11 is 3.40. The molecule has 1 unspecified atom stereocenters. The molecule has 4 heteroatoms. The van der Waals surface area contributed by atoms with Gasteiger partial charge in [0.05, 0.1) is 6.54 Å². The number of Topliss-reactive ketones (excluding diaryl/α,β-unsaturated/α-hetero) is 1. The van der Waals surface area contributed by atoms with E-state index in [1.165, 1.54) is 19.4 Å². The second kappa shape index (κ2) is 6.64. The van der Waals surface area contributed by atoms with Crippen molar-refractivity contribution in [2.75, 3.05) is 33.7 Å². The molecule has 0 spiro atoms. The van der Waals surface area contributed by atoms with Gasteiger partial charge in [0.25, 0.3) is 0 Å². The van der Waals surface area contributed by atoms with E-state index in [9.17, 15) is 4.79 Å². The summed E-state index contributed by atoms with van der Waals surface area (Å²) in [6.07, 6.45) is 2.51. The van der Waals surface area contributed by atoms with Crippen LogP contribution in [0.1, 0.15) is 23.2 Å². The minimum absolute atomic E-state index is 0.185. The summed E-state index contributed by atoms with van der Waals surface area (Å²) in [7, 11) is 4.20. The Bertz CT molecular complexity index is 450. The van der Waals surface area contributed by atoms with Crippen molar-refractivity contribution in [2.24, 2.45) is 0 Å². The number of ketones is 1. The van der Waals surface area contributed by atoms with E-state index < -0.39 is 0 Å². The van der Waals surface area contributed by atoms with E-state index in [2.05, 4.69) is 32.8 Å². The fourth-order valence-electron chi connectivity index (χ4n) is 2.63. The van der Waals surface area contributed by atoms with Crippen molar-refractivity contribution in [3.05, 3.63) is 34.3 Å². The minimum atomic E-state index is 0.185. The van der Waals surface area contributed by atoms with Crippen molar-refractivity contribution in [3.63, 3.8) is 0 Å². The Morgan fingerprint density at radius 1 is 1.53 bits per heavy atom. The molecular weight excluding hydrogens is 304 g/mol. The predicted molar refractivity (Wildman–Crippen MR) is 81.6 cm³/mol. The highest BCUT2D eigenvalue weighted by atomic mass is 79.9. The third-order valence-corrected chi connectivity index (χ3v) is 4.25. The molecule has 2 rings (SSSR count). The number of halogens is 1. The van der Waals surface area contributed by atoms with Crippen molar-refractivity contribution >= 4 is 21.7 Å². The van der Waals surface area contributed by atoms with E-state index in [0.29, 0.717) is 12.6 Å². The Morgan fingerprint density at radius 3 is 2.95 bits per heavy atom. The van der Waals surface area contributed by atoms with Gasteiger partial charge in [-0.25, -0.2) is 0 Å². The first-order valence-electron chi connectivity index (χ1n) is 6.74. The maximum Gasteiger partial charge on any atom is 0.176 e. The second-order valence-electron chi connectivity index (χ2n) is 5.41. The molecule has 0 bridgehead atoms. The van der Waals surface area contributed by atoms with E-state index in [4.69, 9.17) is 0 Å². The zero-order chi connectivity index (χ0) is 13.8. The molecule has 1 heterocycles. The van der Waals surface area contributed by atoms with Crippen molar-refractivity contribution in [1.82, 2.24) is 9.80 Å². The highest BCUT2D eigenvalue weighted by molar-refractivity contribution is 9.10. The van der Waals surface area contributed by atoms with E-state index in [1.807, 2.05) is 31.3 Å². The molecule has 0 aromatic heterocycles. The lowest BCUT2D eigenvalue weighted by Crippen LogP contribution is -2.38. The highest BCUT2D eigenvalue weighted by Crippen LogP contribution is 2.16. The summed E-state index contributed by atoms with van der Waals surface area (Å²) in [6, 6.07) is 8.21. The molecule has 1 fully saturated rings. The van der Waals surface area contributed by atoms with Crippen LogP contribution in [0.4, 0.5) is 0 Å². The molecule has 104 valence electrons. The quantitative estimate of drug-likeness (QED) is 0.778. The number of likely N-dealkylation sites (tertiary alicyclic amines) is 1.